The van der Waals surface area contributed by atoms with Gasteiger partial charge in [0.2, 0.25) is 5.91 Å². The predicted octanol–water partition coefficient (Wildman–Crippen LogP) is 2.99. The maximum absolute atomic E-state index is 12.0. The second-order valence-corrected chi connectivity index (χ2v) is 6.15. The van der Waals surface area contributed by atoms with Gasteiger partial charge in [-0.25, -0.2) is 4.98 Å². The number of nitrogens with one attached hydrogen (secondary N) is 1. The molecule has 6 heteroatoms. The van der Waals surface area contributed by atoms with Crippen molar-refractivity contribution in [3.63, 3.8) is 0 Å². The number of amides is 1. The summed E-state index contributed by atoms with van der Waals surface area (Å²) in [5, 5.41) is 7.44. The first-order chi connectivity index (χ1) is 9.19. The first-order valence-corrected chi connectivity index (χ1v) is 7.97. The summed E-state index contributed by atoms with van der Waals surface area (Å²) in [5.41, 5.74) is 6.30. The predicted molar refractivity (Wildman–Crippen MR) is 80.3 cm³/mol. The largest absolute Gasteiger partial charge is 0.375 e. The molecule has 0 aliphatic heterocycles. The van der Waals surface area contributed by atoms with E-state index < -0.39 is 0 Å². The summed E-state index contributed by atoms with van der Waals surface area (Å²) in [6.45, 7) is 2.12. The van der Waals surface area contributed by atoms with Gasteiger partial charge in [-0.2, -0.15) is 0 Å². The standard InChI is InChI=1S/C13H17N3OS2/c1-2-4-10(11-5-3-6-18-11)16-12(17)7-9-8-19-13(14)15-9/h3,5-6,8,10H,2,4,7H2,1H3,(H2,14,15)(H,16,17). The highest BCUT2D eigenvalue weighted by Gasteiger charge is 2.15. The fraction of sp³-hybridized carbons (Fsp3) is 0.385. The van der Waals surface area contributed by atoms with Crippen LogP contribution in [0.4, 0.5) is 5.13 Å². The van der Waals surface area contributed by atoms with Crippen LogP contribution in [0, 0.1) is 0 Å². The van der Waals surface area contributed by atoms with Gasteiger partial charge in [-0.05, 0) is 17.9 Å². The lowest BCUT2D eigenvalue weighted by molar-refractivity contribution is -0.121. The van der Waals surface area contributed by atoms with E-state index in [1.165, 1.54) is 16.2 Å². The highest BCUT2D eigenvalue weighted by Crippen LogP contribution is 2.23. The van der Waals surface area contributed by atoms with Crippen LogP contribution in [0.15, 0.2) is 22.9 Å². The lowest BCUT2D eigenvalue weighted by atomic mass is 10.1. The number of aromatic nitrogens is 1. The Bertz CT molecular complexity index is 522. The van der Waals surface area contributed by atoms with Gasteiger partial charge in [0, 0.05) is 10.3 Å². The molecule has 0 aromatic carbocycles. The summed E-state index contributed by atoms with van der Waals surface area (Å²) in [5.74, 6) is -0.00264. The van der Waals surface area contributed by atoms with Crippen molar-refractivity contribution in [2.75, 3.05) is 5.73 Å². The van der Waals surface area contributed by atoms with E-state index in [9.17, 15) is 4.79 Å². The smallest absolute Gasteiger partial charge is 0.226 e. The van der Waals surface area contributed by atoms with E-state index in [2.05, 4.69) is 23.3 Å². The number of hydrogen-bond donors (Lipinski definition) is 2. The zero-order valence-corrected chi connectivity index (χ0v) is 12.4. The monoisotopic (exact) mass is 295 g/mol. The molecule has 1 unspecified atom stereocenters. The summed E-state index contributed by atoms with van der Waals surface area (Å²) in [4.78, 5) is 17.3. The van der Waals surface area contributed by atoms with Gasteiger partial charge in [-0.15, -0.1) is 22.7 Å². The molecule has 0 bridgehead atoms. The lowest BCUT2D eigenvalue weighted by Gasteiger charge is -2.16. The Hall–Kier alpha value is -1.40. The van der Waals surface area contributed by atoms with Gasteiger partial charge in [0.25, 0.3) is 0 Å². The number of thiazole rings is 1. The second kappa shape index (κ2) is 6.68. The minimum atomic E-state index is -0.00264. The number of carbonyl (C=O) groups is 1. The third kappa shape index (κ3) is 4.04. The molecule has 102 valence electrons. The van der Waals surface area contributed by atoms with E-state index in [0.717, 1.165) is 18.5 Å². The van der Waals surface area contributed by atoms with Crippen LogP contribution >= 0.6 is 22.7 Å². The molecular weight excluding hydrogens is 278 g/mol. The Morgan fingerprint density at radius 2 is 2.37 bits per heavy atom. The molecule has 0 saturated carbocycles. The summed E-state index contributed by atoms with van der Waals surface area (Å²) in [6.07, 6.45) is 2.28. The highest BCUT2D eigenvalue weighted by molar-refractivity contribution is 7.13. The van der Waals surface area contributed by atoms with Gasteiger partial charge >= 0.3 is 0 Å². The van der Waals surface area contributed by atoms with Crippen molar-refractivity contribution in [1.29, 1.82) is 0 Å². The SMILES string of the molecule is CCCC(NC(=O)Cc1csc(N)n1)c1cccs1. The maximum atomic E-state index is 12.0. The van der Waals surface area contributed by atoms with Gasteiger partial charge in [0.15, 0.2) is 5.13 Å². The topological polar surface area (TPSA) is 68.0 Å². The van der Waals surface area contributed by atoms with Crippen molar-refractivity contribution in [3.8, 4) is 0 Å². The van der Waals surface area contributed by atoms with E-state index in [4.69, 9.17) is 5.73 Å². The molecule has 2 aromatic heterocycles. The number of carbonyl (C=O) groups excluding carboxylic acids is 1. The van der Waals surface area contributed by atoms with E-state index in [1.54, 1.807) is 11.3 Å². The molecule has 0 aliphatic carbocycles. The first-order valence-electron chi connectivity index (χ1n) is 6.21. The van der Waals surface area contributed by atoms with E-state index in [1.807, 2.05) is 16.8 Å². The molecular formula is C13H17N3OS2. The molecule has 0 spiro atoms. The molecule has 2 rings (SSSR count). The van der Waals surface area contributed by atoms with Crippen molar-refractivity contribution in [3.05, 3.63) is 33.5 Å². The first kappa shape index (κ1) is 14.0. The van der Waals surface area contributed by atoms with Crippen molar-refractivity contribution < 1.29 is 4.79 Å². The van der Waals surface area contributed by atoms with Crippen molar-refractivity contribution in [2.45, 2.75) is 32.2 Å². The molecule has 1 amide bonds. The van der Waals surface area contributed by atoms with Crippen molar-refractivity contribution in [1.82, 2.24) is 10.3 Å². The molecule has 0 aliphatic rings. The molecule has 0 saturated heterocycles. The lowest BCUT2D eigenvalue weighted by Crippen LogP contribution is -2.29. The van der Waals surface area contributed by atoms with Crippen LogP contribution < -0.4 is 11.1 Å². The third-order valence-corrected chi connectivity index (χ3v) is 4.42. The zero-order valence-electron chi connectivity index (χ0n) is 10.8. The normalized spacial score (nSPS) is 12.3. The number of nitrogen functional groups attached to an aromatic ring is 1. The summed E-state index contributed by atoms with van der Waals surface area (Å²) < 4.78 is 0. The molecule has 19 heavy (non-hydrogen) atoms. The van der Waals surface area contributed by atoms with Crippen LogP contribution in [0.5, 0.6) is 0 Å². The van der Waals surface area contributed by atoms with Crippen LogP contribution in [0.2, 0.25) is 0 Å². The number of hydrogen-bond acceptors (Lipinski definition) is 5. The Kier molecular flexibility index (Phi) is 4.93. The van der Waals surface area contributed by atoms with Crippen LogP contribution in [-0.2, 0) is 11.2 Å². The molecule has 3 N–H and O–H groups in total. The van der Waals surface area contributed by atoms with Gasteiger partial charge in [0.05, 0.1) is 18.2 Å². The van der Waals surface area contributed by atoms with Crippen molar-refractivity contribution >= 4 is 33.7 Å². The molecule has 4 nitrogen and oxygen atoms in total. The van der Waals surface area contributed by atoms with Gasteiger partial charge in [-0.3, -0.25) is 4.79 Å². The average molecular weight is 295 g/mol. The number of nitrogens with zero attached hydrogens (tertiary/aromatic N) is 1. The molecule has 0 fully saturated rings. The quantitative estimate of drug-likeness (QED) is 0.861. The van der Waals surface area contributed by atoms with Gasteiger partial charge < -0.3 is 11.1 Å². The van der Waals surface area contributed by atoms with Crippen LogP contribution in [0.1, 0.15) is 36.4 Å². The highest BCUT2D eigenvalue weighted by atomic mass is 32.1. The number of nitrogens with two attached hydrogens (primary N) is 1. The summed E-state index contributed by atoms with van der Waals surface area (Å²) >= 11 is 3.04. The minimum absolute atomic E-state index is 0.00264. The van der Waals surface area contributed by atoms with Gasteiger partial charge in [-0.1, -0.05) is 19.4 Å². The van der Waals surface area contributed by atoms with Gasteiger partial charge in [0.1, 0.15) is 0 Å². The number of anilines is 1. The van der Waals surface area contributed by atoms with E-state index >= 15 is 0 Å². The second-order valence-electron chi connectivity index (χ2n) is 4.28. The Balaban J connectivity index is 1.95. The molecule has 2 heterocycles. The van der Waals surface area contributed by atoms with Crippen LogP contribution in [-0.4, -0.2) is 10.9 Å². The molecule has 0 radical (unpaired) electrons. The van der Waals surface area contributed by atoms with Crippen molar-refractivity contribution in [2.24, 2.45) is 0 Å². The fourth-order valence-corrected chi connectivity index (χ4v) is 3.25. The van der Waals surface area contributed by atoms with Crippen LogP contribution in [0.25, 0.3) is 0 Å². The summed E-state index contributed by atoms with van der Waals surface area (Å²) in [6, 6.07) is 4.18. The van der Waals surface area contributed by atoms with E-state index in [0.29, 0.717) is 11.6 Å². The minimum Gasteiger partial charge on any atom is -0.375 e. The number of rotatable bonds is 6. The third-order valence-electron chi connectivity index (χ3n) is 2.71. The van der Waals surface area contributed by atoms with E-state index in [-0.39, 0.29) is 11.9 Å². The Morgan fingerprint density at radius 3 is 2.95 bits per heavy atom. The molecule has 2 aromatic rings. The zero-order chi connectivity index (χ0) is 13.7. The Morgan fingerprint density at radius 1 is 1.53 bits per heavy atom. The van der Waals surface area contributed by atoms with Crippen LogP contribution in [0.3, 0.4) is 0 Å². The number of thiophene rings is 1. The average Bonchev–Trinajstić information content (AvgIpc) is 3.00. The summed E-state index contributed by atoms with van der Waals surface area (Å²) in [7, 11) is 0. The fourth-order valence-electron chi connectivity index (χ4n) is 1.88. The Labute approximate surface area is 120 Å². The molecule has 1 atom stereocenters. The maximum Gasteiger partial charge on any atom is 0.226 e.